The zero-order valence-electron chi connectivity index (χ0n) is 12.8. The van der Waals surface area contributed by atoms with Crippen LogP contribution in [0.25, 0.3) is 5.78 Å². The molecule has 0 atom stereocenters. The van der Waals surface area contributed by atoms with Gasteiger partial charge in [-0.05, 0) is 37.3 Å². The molecule has 0 bridgehead atoms. The Labute approximate surface area is 137 Å². The smallest absolute Gasteiger partial charge is 0.378 e. The summed E-state index contributed by atoms with van der Waals surface area (Å²) in [6.45, 7) is 2.08. The third-order valence-electron chi connectivity index (χ3n) is 3.18. The highest BCUT2D eigenvalue weighted by molar-refractivity contribution is 5.85. The molecule has 8 heteroatoms. The number of ether oxygens (including phenoxy) is 2. The zero-order chi connectivity index (χ0) is 16.9. The monoisotopic (exact) mass is 323 g/mol. The Morgan fingerprint density at radius 2 is 2.04 bits per heavy atom. The SMILES string of the molecule is Cc1ccnc2nc(C(=O)OCCOc3ccc(C#N)cc3)nn12. The van der Waals surface area contributed by atoms with E-state index in [0.717, 1.165) is 5.69 Å². The van der Waals surface area contributed by atoms with Gasteiger partial charge in [-0.1, -0.05) is 0 Å². The molecule has 0 fully saturated rings. The van der Waals surface area contributed by atoms with Gasteiger partial charge >= 0.3 is 5.97 Å². The van der Waals surface area contributed by atoms with E-state index in [2.05, 4.69) is 15.1 Å². The van der Waals surface area contributed by atoms with E-state index < -0.39 is 5.97 Å². The van der Waals surface area contributed by atoms with E-state index in [1.807, 2.05) is 13.0 Å². The molecule has 8 nitrogen and oxygen atoms in total. The van der Waals surface area contributed by atoms with E-state index in [4.69, 9.17) is 14.7 Å². The lowest BCUT2D eigenvalue weighted by Crippen LogP contribution is -2.13. The number of fused-ring (bicyclic) bond motifs is 1. The number of esters is 1. The number of aryl methyl sites for hydroxylation is 1. The normalized spacial score (nSPS) is 10.3. The largest absolute Gasteiger partial charge is 0.490 e. The molecule has 3 aromatic rings. The summed E-state index contributed by atoms with van der Waals surface area (Å²) in [7, 11) is 0. The van der Waals surface area contributed by atoms with Crippen molar-refractivity contribution in [2.75, 3.05) is 13.2 Å². The van der Waals surface area contributed by atoms with E-state index in [-0.39, 0.29) is 19.0 Å². The summed E-state index contributed by atoms with van der Waals surface area (Å²) in [4.78, 5) is 20.0. The van der Waals surface area contributed by atoms with Gasteiger partial charge in [0.05, 0.1) is 11.6 Å². The van der Waals surface area contributed by atoms with Gasteiger partial charge in [0.15, 0.2) is 0 Å². The van der Waals surface area contributed by atoms with Crippen molar-refractivity contribution in [3.05, 3.63) is 53.6 Å². The maximum Gasteiger partial charge on any atom is 0.378 e. The Morgan fingerprint density at radius 1 is 1.25 bits per heavy atom. The minimum absolute atomic E-state index is 0.0461. The highest BCUT2D eigenvalue weighted by Crippen LogP contribution is 2.11. The lowest BCUT2D eigenvalue weighted by atomic mass is 10.2. The zero-order valence-corrected chi connectivity index (χ0v) is 12.8. The summed E-state index contributed by atoms with van der Waals surface area (Å²) >= 11 is 0. The molecule has 0 saturated carbocycles. The van der Waals surface area contributed by atoms with Crippen LogP contribution >= 0.6 is 0 Å². The van der Waals surface area contributed by atoms with Crippen LogP contribution in [0.1, 0.15) is 21.9 Å². The first-order chi connectivity index (χ1) is 11.7. The van der Waals surface area contributed by atoms with Crippen LogP contribution in [0.4, 0.5) is 0 Å². The Kier molecular flexibility index (Phi) is 4.34. The third kappa shape index (κ3) is 3.30. The van der Waals surface area contributed by atoms with Gasteiger partial charge < -0.3 is 9.47 Å². The predicted octanol–water partition coefficient (Wildman–Crippen LogP) is 1.54. The molecular weight excluding hydrogens is 310 g/mol. The number of carbonyl (C=O) groups excluding carboxylic acids is 1. The van der Waals surface area contributed by atoms with E-state index in [0.29, 0.717) is 17.1 Å². The van der Waals surface area contributed by atoms with Crippen LogP contribution in [-0.2, 0) is 4.74 Å². The molecule has 1 aromatic carbocycles. The highest BCUT2D eigenvalue weighted by atomic mass is 16.6. The van der Waals surface area contributed by atoms with Crippen LogP contribution in [-0.4, -0.2) is 38.8 Å². The van der Waals surface area contributed by atoms with Gasteiger partial charge in [-0.3, -0.25) is 0 Å². The molecule has 0 unspecified atom stereocenters. The molecule has 24 heavy (non-hydrogen) atoms. The summed E-state index contributed by atoms with van der Waals surface area (Å²) in [5.41, 5.74) is 1.37. The number of nitrogens with zero attached hydrogens (tertiary/aromatic N) is 5. The molecule has 0 amide bonds. The second kappa shape index (κ2) is 6.75. The minimum atomic E-state index is -0.636. The van der Waals surface area contributed by atoms with Crippen LogP contribution in [0.15, 0.2) is 36.5 Å². The van der Waals surface area contributed by atoms with Gasteiger partial charge in [0.1, 0.15) is 19.0 Å². The standard InChI is InChI=1S/C16H13N5O3/c1-11-6-7-18-16-19-14(20-21(11)16)15(22)24-9-8-23-13-4-2-12(10-17)3-5-13/h2-7H,8-9H2,1H3. The average Bonchev–Trinajstić information content (AvgIpc) is 3.05. The lowest BCUT2D eigenvalue weighted by molar-refractivity contribution is 0.0436. The number of carbonyl (C=O) groups is 1. The summed E-state index contributed by atoms with van der Waals surface area (Å²) in [6.07, 6.45) is 1.60. The fraction of sp³-hybridized carbons (Fsp3) is 0.188. The highest BCUT2D eigenvalue weighted by Gasteiger charge is 2.15. The third-order valence-corrected chi connectivity index (χ3v) is 3.18. The number of nitriles is 1. The van der Waals surface area contributed by atoms with Crippen molar-refractivity contribution in [3.63, 3.8) is 0 Å². The molecule has 0 aliphatic heterocycles. The van der Waals surface area contributed by atoms with E-state index in [1.54, 1.807) is 36.5 Å². The van der Waals surface area contributed by atoms with Gasteiger partial charge in [-0.2, -0.15) is 10.2 Å². The number of aromatic nitrogens is 4. The van der Waals surface area contributed by atoms with Crippen LogP contribution in [0.2, 0.25) is 0 Å². The molecule has 0 N–H and O–H groups in total. The van der Waals surface area contributed by atoms with Crippen molar-refractivity contribution in [3.8, 4) is 11.8 Å². The maximum absolute atomic E-state index is 11.9. The Hall–Kier alpha value is -3.47. The van der Waals surface area contributed by atoms with Gasteiger partial charge in [-0.25, -0.2) is 14.3 Å². The molecule has 120 valence electrons. The van der Waals surface area contributed by atoms with Crippen LogP contribution < -0.4 is 4.74 Å². The van der Waals surface area contributed by atoms with Gasteiger partial charge in [0, 0.05) is 11.9 Å². The predicted molar refractivity (Wildman–Crippen MR) is 82.5 cm³/mol. The van der Waals surface area contributed by atoms with Crippen molar-refractivity contribution in [2.45, 2.75) is 6.92 Å². The number of benzene rings is 1. The second-order valence-electron chi connectivity index (χ2n) is 4.85. The van der Waals surface area contributed by atoms with E-state index >= 15 is 0 Å². The molecule has 2 aromatic heterocycles. The van der Waals surface area contributed by atoms with E-state index in [9.17, 15) is 4.79 Å². The van der Waals surface area contributed by atoms with Crippen molar-refractivity contribution >= 4 is 11.7 Å². The summed E-state index contributed by atoms with van der Waals surface area (Å²) in [6, 6.07) is 10.4. The second-order valence-corrected chi connectivity index (χ2v) is 4.85. The summed E-state index contributed by atoms with van der Waals surface area (Å²) in [5.74, 6) is 0.255. The quantitative estimate of drug-likeness (QED) is 0.518. The first kappa shape index (κ1) is 15.4. The Balaban J connectivity index is 1.53. The summed E-state index contributed by atoms with van der Waals surface area (Å²) < 4.78 is 12.0. The lowest BCUT2D eigenvalue weighted by Gasteiger charge is -2.06. The molecule has 0 spiro atoms. The maximum atomic E-state index is 11.9. The van der Waals surface area contributed by atoms with Crippen molar-refractivity contribution in [1.82, 2.24) is 19.6 Å². The average molecular weight is 323 g/mol. The first-order valence-corrected chi connectivity index (χ1v) is 7.16. The molecular formula is C16H13N5O3. The Bertz CT molecular complexity index is 912. The van der Waals surface area contributed by atoms with Gasteiger partial charge in [0.25, 0.3) is 11.6 Å². The molecule has 0 aliphatic rings. The molecule has 0 aliphatic carbocycles. The number of hydrogen-bond acceptors (Lipinski definition) is 7. The number of rotatable bonds is 5. The number of hydrogen-bond donors (Lipinski definition) is 0. The van der Waals surface area contributed by atoms with Crippen molar-refractivity contribution in [1.29, 1.82) is 5.26 Å². The fourth-order valence-electron chi connectivity index (χ4n) is 1.98. The molecule has 2 heterocycles. The molecule has 3 rings (SSSR count). The van der Waals surface area contributed by atoms with Crippen molar-refractivity contribution < 1.29 is 14.3 Å². The van der Waals surface area contributed by atoms with Crippen LogP contribution in [0.3, 0.4) is 0 Å². The minimum Gasteiger partial charge on any atom is -0.490 e. The first-order valence-electron chi connectivity index (χ1n) is 7.16. The Morgan fingerprint density at radius 3 is 2.75 bits per heavy atom. The van der Waals surface area contributed by atoms with E-state index in [1.165, 1.54) is 4.52 Å². The van der Waals surface area contributed by atoms with Gasteiger partial charge in [-0.15, -0.1) is 5.10 Å². The van der Waals surface area contributed by atoms with Crippen LogP contribution in [0.5, 0.6) is 5.75 Å². The van der Waals surface area contributed by atoms with Gasteiger partial charge in [0.2, 0.25) is 0 Å². The summed E-state index contributed by atoms with van der Waals surface area (Å²) in [5, 5.41) is 12.8. The molecule has 0 radical (unpaired) electrons. The molecule has 0 saturated heterocycles. The van der Waals surface area contributed by atoms with Crippen LogP contribution in [0, 0.1) is 18.3 Å². The fourth-order valence-corrected chi connectivity index (χ4v) is 1.98. The topological polar surface area (TPSA) is 102 Å². The van der Waals surface area contributed by atoms with Crippen molar-refractivity contribution in [2.24, 2.45) is 0 Å².